The van der Waals surface area contributed by atoms with E-state index in [1.807, 2.05) is 0 Å². The van der Waals surface area contributed by atoms with Crippen LogP contribution < -0.4 is 10.1 Å². The Morgan fingerprint density at radius 1 is 1.07 bits per heavy atom. The van der Waals surface area contributed by atoms with Crippen molar-refractivity contribution in [2.75, 3.05) is 5.32 Å². The molecule has 1 heterocycles. The van der Waals surface area contributed by atoms with E-state index < -0.39 is 23.4 Å². The maximum absolute atomic E-state index is 13.6. The molecule has 0 fully saturated rings. The maximum atomic E-state index is 13.6. The Bertz CT molecular complexity index is 1050. The van der Waals surface area contributed by atoms with E-state index in [0.717, 1.165) is 6.20 Å². The van der Waals surface area contributed by atoms with Crippen LogP contribution in [0.15, 0.2) is 54.7 Å². The van der Waals surface area contributed by atoms with E-state index in [1.165, 1.54) is 55.5 Å². The summed E-state index contributed by atoms with van der Waals surface area (Å²) in [4.78, 5) is 23.4. The third-order valence-corrected chi connectivity index (χ3v) is 3.97. The highest BCUT2D eigenvalue weighted by Crippen LogP contribution is 2.34. The van der Waals surface area contributed by atoms with Crippen molar-refractivity contribution in [3.63, 3.8) is 0 Å². The molecule has 29 heavy (non-hydrogen) atoms. The number of esters is 1. The predicted octanol–water partition coefficient (Wildman–Crippen LogP) is 4.72. The summed E-state index contributed by atoms with van der Waals surface area (Å²) >= 11 is 5.76. The predicted molar refractivity (Wildman–Crippen MR) is 99.3 cm³/mol. The van der Waals surface area contributed by atoms with Crippen LogP contribution in [0.5, 0.6) is 5.75 Å². The normalized spacial score (nSPS) is 11.2. The van der Waals surface area contributed by atoms with Crippen LogP contribution in [0.1, 0.15) is 23.0 Å². The first-order valence-electron chi connectivity index (χ1n) is 8.16. The molecule has 150 valence electrons. The van der Waals surface area contributed by atoms with Gasteiger partial charge in [0.05, 0.1) is 11.9 Å². The molecule has 0 bridgehead atoms. The minimum atomic E-state index is -4.86. The fourth-order valence-corrected chi connectivity index (χ4v) is 2.65. The average molecular weight is 424 g/mol. The molecule has 0 unspecified atom stereocenters. The zero-order valence-corrected chi connectivity index (χ0v) is 15.6. The first-order chi connectivity index (χ1) is 13.6. The number of ether oxygens (including phenoxy) is 1. The summed E-state index contributed by atoms with van der Waals surface area (Å²) in [6, 6.07) is 11.1. The molecule has 0 radical (unpaired) electrons. The van der Waals surface area contributed by atoms with Gasteiger partial charge in [-0.1, -0.05) is 11.6 Å². The van der Waals surface area contributed by atoms with Gasteiger partial charge in [0.2, 0.25) is 5.91 Å². The molecule has 0 aliphatic carbocycles. The number of carbonyl (C=O) groups excluding carboxylic acids is 2. The highest BCUT2D eigenvalue weighted by atomic mass is 35.5. The fourth-order valence-electron chi connectivity index (χ4n) is 2.52. The Morgan fingerprint density at radius 3 is 2.24 bits per heavy atom. The zero-order valence-electron chi connectivity index (χ0n) is 14.8. The highest BCUT2D eigenvalue weighted by molar-refractivity contribution is 6.30. The smallest absolute Gasteiger partial charge is 0.423 e. The molecule has 2 aromatic carbocycles. The van der Waals surface area contributed by atoms with Crippen LogP contribution in [0.4, 0.5) is 18.9 Å². The molecule has 10 heteroatoms. The summed E-state index contributed by atoms with van der Waals surface area (Å²) < 4.78 is 46.6. The summed E-state index contributed by atoms with van der Waals surface area (Å²) in [5.74, 6) is -1.50. The number of carbonyl (C=O) groups is 2. The largest absolute Gasteiger partial charge is 0.434 e. The lowest BCUT2D eigenvalue weighted by Crippen LogP contribution is -2.19. The van der Waals surface area contributed by atoms with Gasteiger partial charge in [-0.2, -0.15) is 18.3 Å². The van der Waals surface area contributed by atoms with Crippen molar-refractivity contribution in [1.29, 1.82) is 0 Å². The Hall–Kier alpha value is -3.33. The van der Waals surface area contributed by atoms with Crippen LogP contribution in [-0.2, 0) is 11.0 Å². The van der Waals surface area contributed by atoms with Gasteiger partial charge < -0.3 is 10.1 Å². The van der Waals surface area contributed by atoms with Gasteiger partial charge in [-0.25, -0.2) is 9.48 Å². The number of hydrogen-bond acceptors (Lipinski definition) is 4. The number of alkyl halides is 3. The zero-order chi connectivity index (χ0) is 21.2. The molecule has 0 spiro atoms. The summed E-state index contributed by atoms with van der Waals surface area (Å²) in [5, 5.41) is 6.56. The molecular weight excluding hydrogens is 411 g/mol. The Kier molecular flexibility index (Phi) is 5.60. The van der Waals surface area contributed by atoms with Gasteiger partial charge >= 0.3 is 12.1 Å². The lowest BCUT2D eigenvalue weighted by atomic mass is 10.2. The van der Waals surface area contributed by atoms with Gasteiger partial charge in [-0.05, 0) is 48.5 Å². The molecule has 0 atom stereocenters. The first kappa shape index (κ1) is 20.4. The van der Waals surface area contributed by atoms with Crippen molar-refractivity contribution in [1.82, 2.24) is 9.78 Å². The van der Waals surface area contributed by atoms with Gasteiger partial charge in [-0.3, -0.25) is 4.79 Å². The van der Waals surface area contributed by atoms with Gasteiger partial charge in [0.15, 0.2) is 5.69 Å². The highest BCUT2D eigenvalue weighted by Gasteiger charge is 2.41. The number of aromatic nitrogens is 2. The number of rotatable bonds is 4. The number of hydrogen-bond donors (Lipinski definition) is 1. The lowest BCUT2D eigenvalue weighted by Gasteiger charge is -2.12. The van der Waals surface area contributed by atoms with Crippen LogP contribution >= 0.6 is 11.6 Å². The summed E-state index contributed by atoms with van der Waals surface area (Å²) in [6.07, 6.45) is -4.06. The van der Waals surface area contributed by atoms with E-state index in [0.29, 0.717) is 15.4 Å². The minimum absolute atomic E-state index is 0.0106. The number of halogens is 4. The van der Waals surface area contributed by atoms with Crippen molar-refractivity contribution in [3.8, 4) is 11.4 Å². The van der Waals surface area contributed by atoms with Crippen molar-refractivity contribution in [3.05, 3.63) is 71.0 Å². The maximum Gasteiger partial charge on any atom is 0.434 e. The molecule has 6 nitrogen and oxygen atoms in total. The van der Waals surface area contributed by atoms with Gasteiger partial charge in [0, 0.05) is 17.6 Å². The summed E-state index contributed by atoms with van der Waals surface area (Å²) in [7, 11) is 0. The van der Waals surface area contributed by atoms with E-state index in [2.05, 4.69) is 10.4 Å². The third kappa shape index (κ3) is 4.75. The number of anilines is 1. The molecule has 3 rings (SSSR count). The van der Waals surface area contributed by atoms with Crippen LogP contribution in [0.25, 0.3) is 5.69 Å². The second-order valence-corrected chi connectivity index (χ2v) is 6.32. The van der Waals surface area contributed by atoms with Crippen LogP contribution in [0.2, 0.25) is 5.02 Å². The number of nitrogens with one attached hydrogen (secondary N) is 1. The van der Waals surface area contributed by atoms with E-state index >= 15 is 0 Å². The van der Waals surface area contributed by atoms with E-state index in [1.54, 1.807) is 0 Å². The number of nitrogens with zero attached hydrogens (tertiary/aromatic N) is 2. The van der Waals surface area contributed by atoms with E-state index in [4.69, 9.17) is 16.3 Å². The molecule has 1 N–H and O–H groups in total. The van der Waals surface area contributed by atoms with E-state index in [-0.39, 0.29) is 17.3 Å². The van der Waals surface area contributed by atoms with Crippen molar-refractivity contribution >= 4 is 29.2 Å². The average Bonchev–Trinajstić information content (AvgIpc) is 3.09. The Labute approximate surface area is 167 Å². The van der Waals surface area contributed by atoms with Crippen molar-refractivity contribution in [2.45, 2.75) is 13.1 Å². The first-order valence-corrected chi connectivity index (χ1v) is 8.54. The van der Waals surface area contributed by atoms with Gasteiger partial charge in [-0.15, -0.1) is 0 Å². The molecule has 3 aromatic rings. The summed E-state index contributed by atoms with van der Waals surface area (Å²) in [5.41, 5.74) is -1.47. The minimum Gasteiger partial charge on any atom is -0.423 e. The monoisotopic (exact) mass is 423 g/mol. The topological polar surface area (TPSA) is 73.2 Å². The second kappa shape index (κ2) is 7.96. The lowest BCUT2D eigenvalue weighted by molar-refractivity contribution is -0.143. The molecule has 0 saturated carbocycles. The van der Waals surface area contributed by atoms with Crippen molar-refractivity contribution < 1.29 is 27.5 Å². The Balaban J connectivity index is 1.90. The quantitative estimate of drug-likeness (QED) is 0.486. The fraction of sp³-hybridized carbons (Fsp3) is 0.105. The van der Waals surface area contributed by atoms with Crippen LogP contribution in [-0.4, -0.2) is 21.7 Å². The van der Waals surface area contributed by atoms with Gasteiger partial charge in [0.1, 0.15) is 11.3 Å². The standard InChI is InChI=1S/C19H13ClF3N3O3/c1-11(27)25-13-4-8-15(9-5-13)29-18(28)16-10-24-26(17(16)19(21,22)23)14-6-2-12(20)3-7-14/h2-10H,1H3,(H,25,27). The molecule has 0 aliphatic heterocycles. The third-order valence-electron chi connectivity index (χ3n) is 3.71. The van der Waals surface area contributed by atoms with Gasteiger partial charge in [0.25, 0.3) is 0 Å². The van der Waals surface area contributed by atoms with Crippen LogP contribution in [0, 0.1) is 0 Å². The van der Waals surface area contributed by atoms with Crippen LogP contribution in [0.3, 0.4) is 0 Å². The molecule has 0 aliphatic rings. The second-order valence-electron chi connectivity index (χ2n) is 5.89. The Morgan fingerprint density at radius 2 is 1.69 bits per heavy atom. The number of amides is 1. The van der Waals surface area contributed by atoms with E-state index in [9.17, 15) is 22.8 Å². The SMILES string of the molecule is CC(=O)Nc1ccc(OC(=O)c2cnn(-c3ccc(Cl)cc3)c2C(F)(F)F)cc1. The number of benzene rings is 2. The molecule has 1 aromatic heterocycles. The molecular formula is C19H13ClF3N3O3. The van der Waals surface area contributed by atoms with Crippen molar-refractivity contribution in [2.24, 2.45) is 0 Å². The molecule has 1 amide bonds. The molecule has 0 saturated heterocycles. The summed E-state index contributed by atoms with van der Waals surface area (Å²) in [6.45, 7) is 1.32.